The SMILES string of the molecule is Cc1ccc(OCCc2nc(CC(=O)O)cs2)cc1C. The first-order chi connectivity index (χ1) is 9.54. The summed E-state index contributed by atoms with van der Waals surface area (Å²) in [5.41, 5.74) is 3.07. The number of carbonyl (C=O) groups is 1. The Morgan fingerprint density at radius 1 is 1.35 bits per heavy atom. The maximum Gasteiger partial charge on any atom is 0.309 e. The molecule has 2 rings (SSSR count). The number of aliphatic carboxylic acids is 1. The van der Waals surface area contributed by atoms with Crippen molar-refractivity contribution in [2.24, 2.45) is 0 Å². The first-order valence-electron chi connectivity index (χ1n) is 6.39. The maximum absolute atomic E-state index is 10.6. The monoisotopic (exact) mass is 291 g/mol. The summed E-state index contributed by atoms with van der Waals surface area (Å²) >= 11 is 1.48. The van der Waals surface area contributed by atoms with Crippen molar-refractivity contribution < 1.29 is 14.6 Å². The van der Waals surface area contributed by atoms with E-state index >= 15 is 0 Å². The van der Waals surface area contributed by atoms with E-state index in [1.165, 1.54) is 22.5 Å². The fraction of sp³-hybridized carbons (Fsp3) is 0.333. The van der Waals surface area contributed by atoms with Crippen LogP contribution in [0.25, 0.3) is 0 Å². The third-order valence-electron chi connectivity index (χ3n) is 2.99. The Labute approximate surface area is 122 Å². The molecule has 0 atom stereocenters. The summed E-state index contributed by atoms with van der Waals surface area (Å²) in [7, 11) is 0. The van der Waals surface area contributed by atoms with Gasteiger partial charge in [-0.25, -0.2) is 4.98 Å². The molecular formula is C15H17NO3S. The van der Waals surface area contributed by atoms with E-state index in [9.17, 15) is 4.79 Å². The standard InChI is InChI=1S/C15H17NO3S/c1-10-3-4-13(7-11(10)2)19-6-5-14-16-12(9-20-14)8-15(17)18/h3-4,7,9H,5-6,8H2,1-2H3,(H,17,18). The van der Waals surface area contributed by atoms with Gasteiger partial charge in [0.15, 0.2) is 0 Å². The quantitative estimate of drug-likeness (QED) is 0.888. The van der Waals surface area contributed by atoms with Crippen molar-refractivity contribution in [1.29, 1.82) is 0 Å². The molecule has 0 aliphatic carbocycles. The zero-order valence-electron chi connectivity index (χ0n) is 11.5. The van der Waals surface area contributed by atoms with Gasteiger partial charge < -0.3 is 9.84 Å². The van der Waals surface area contributed by atoms with E-state index in [1.807, 2.05) is 18.2 Å². The third-order valence-corrected chi connectivity index (χ3v) is 3.95. The Morgan fingerprint density at radius 3 is 2.85 bits per heavy atom. The Bertz CT molecular complexity index is 607. The predicted octanol–water partition coefficient (Wildman–Crippen LogP) is 3.01. The molecule has 0 saturated carbocycles. The minimum atomic E-state index is -0.853. The van der Waals surface area contributed by atoms with Crippen molar-refractivity contribution in [1.82, 2.24) is 4.98 Å². The fourth-order valence-corrected chi connectivity index (χ4v) is 2.54. The van der Waals surface area contributed by atoms with E-state index in [0.717, 1.165) is 10.8 Å². The van der Waals surface area contributed by atoms with E-state index in [2.05, 4.69) is 18.8 Å². The van der Waals surface area contributed by atoms with Crippen molar-refractivity contribution in [2.45, 2.75) is 26.7 Å². The number of rotatable bonds is 6. The van der Waals surface area contributed by atoms with Gasteiger partial charge >= 0.3 is 5.97 Å². The summed E-state index contributed by atoms with van der Waals surface area (Å²) in [4.78, 5) is 14.8. The molecule has 0 fully saturated rings. The van der Waals surface area contributed by atoms with E-state index in [0.29, 0.717) is 18.7 Å². The Morgan fingerprint density at radius 2 is 2.15 bits per heavy atom. The van der Waals surface area contributed by atoms with Crippen molar-refractivity contribution in [3.63, 3.8) is 0 Å². The molecule has 5 heteroatoms. The first-order valence-corrected chi connectivity index (χ1v) is 7.27. The van der Waals surface area contributed by atoms with Crippen LogP contribution in [0.5, 0.6) is 5.75 Å². The van der Waals surface area contributed by atoms with Crippen LogP contribution in [0.2, 0.25) is 0 Å². The van der Waals surface area contributed by atoms with Gasteiger partial charge in [-0.05, 0) is 37.1 Å². The van der Waals surface area contributed by atoms with Crippen LogP contribution in [0.1, 0.15) is 21.8 Å². The highest BCUT2D eigenvalue weighted by Crippen LogP contribution is 2.17. The van der Waals surface area contributed by atoms with Crippen LogP contribution in [-0.4, -0.2) is 22.7 Å². The highest BCUT2D eigenvalue weighted by Gasteiger charge is 2.06. The summed E-state index contributed by atoms with van der Waals surface area (Å²) in [5.74, 6) is 0.00338. The number of benzene rings is 1. The molecule has 0 unspecified atom stereocenters. The Hall–Kier alpha value is -1.88. The second-order valence-corrected chi connectivity index (χ2v) is 5.59. The zero-order chi connectivity index (χ0) is 14.5. The van der Waals surface area contributed by atoms with Gasteiger partial charge in [0.25, 0.3) is 0 Å². The van der Waals surface area contributed by atoms with Gasteiger partial charge in [-0.3, -0.25) is 4.79 Å². The average Bonchev–Trinajstić information content (AvgIpc) is 2.80. The summed E-state index contributed by atoms with van der Waals surface area (Å²) in [6, 6.07) is 6.02. The van der Waals surface area contributed by atoms with E-state index in [4.69, 9.17) is 9.84 Å². The second-order valence-electron chi connectivity index (χ2n) is 4.65. The molecular weight excluding hydrogens is 274 g/mol. The van der Waals surface area contributed by atoms with Crippen LogP contribution in [0.4, 0.5) is 0 Å². The van der Waals surface area contributed by atoms with Crippen LogP contribution >= 0.6 is 11.3 Å². The highest BCUT2D eigenvalue weighted by molar-refractivity contribution is 7.09. The predicted molar refractivity (Wildman–Crippen MR) is 78.6 cm³/mol. The Kier molecular flexibility index (Phi) is 4.74. The highest BCUT2D eigenvalue weighted by atomic mass is 32.1. The van der Waals surface area contributed by atoms with E-state index in [1.54, 1.807) is 5.38 Å². The van der Waals surface area contributed by atoms with Crippen LogP contribution in [0.15, 0.2) is 23.6 Å². The van der Waals surface area contributed by atoms with Gasteiger partial charge in [0, 0.05) is 11.8 Å². The van der Waals surface area contributed by atoms with E-state index in [-0.39, 0.29) is 6.42 Å². The number of hydrogen-bond acceptors (Lipinski definition) is 4. The topological polar surface area (TPSA) is 59.4 Å². The van der Waals surface area contributed by atoms with Crippen molar-refractivity contribution in [3.05, 3.63) is 45.4 Å². The summed E-state index contributed by atoms with van der Waals surface area (Å²) < 4.78 is 5.69. The van der Waals surface area contributed by atoms with Crippen LogP contribution in [-0.2, 0) is 17.6 Å². The van der Waals surface area contributed by atoms with Crippen LogP contribution < -0.4 is 4.74 Å². The van der Waals surface area contributed by atoms with Gasteiger partial charge in [-0.2, -0.15) is 0 Å². The molecule has 0 aliphatic rings. The number of carboxylic acid groups (broad SMARTS) is 1. The molecule has 0 radical (unpaired) electrons. The number of carboxylic acids is 1. The fourth-order valence-electron chi connectivity index (χ4n) is 1.76. The molecule has 1 N–H and O–H groups in total. The lowest BCUT2D eigenvalue weighted by Crippen LogP contribution is -2.03. The Balaban J connectivity index is 1.84. The minimum Gasteiger partial charge on any atom is -0.493 e. The number of nitrogens with zero attached hydrogens (tertiary/aromatic N) is 1. The van der Waals surface area contributed by atoms with Gasteiger partial charge in [0.1, 0.15) is 5.75 Å². The van der Waals surface area contributed by atoms with Crippen molar-refractivity contribution >= 4 is 17.3 Å². The molecule has 0 bridgehead atoms. The molecule has 0 aliphatic heterocycles. The molecule has 1 aromatic heterocycles. The third kappa shape index (κ3) is 4.06. The maximum atomic E-state index is 10.6. The molecule has 4 nitrogen and oxygen atoms in total. The minimum absolute atomic E-state index is 0.0193. The average molecular weight is 291 g/mol. The van der Waals surface area contributed by atoms with Crippen molar-refractivity contribution in [3.8, 4) is 5.75 Å². The molecule has 0 saturated heterocycles. The number of hydrogen-bond donors (Lipinski definition) is 1. The van der Waals surface area contributed by atoms with Gasteiger partial charge in [0.2, 0.25) is 0 Å². The lowest BCUT2D eigenvalue weighted by molar-refractivity contribution is -0.136. The first kappa shape index (κ1) is 14.5. The second kappa shape index (κ2) is 6.52. The number of ether oxygens (including phenoxy) is 1. The van der Waals surface area contributed by atoms with E-state index < -0.39 is 5.97 Å². The van der Waals surface area contributed by atoms with Gasteiger partial charge in [-0.15, -0.1) is 11.3 Å². The molecule has 0 spiro atoms. The molecule has 106 valence electrons. The van der Waals surface area contributed by atoms with Crippen molar-refractivity contribution in [2.75, 3.05) is 6.61 Å². The molecule has 1 heterocycles. The van der Waals surface area contributed by atoms with Crippen LogP contribution in [0, 0.1) is 13.8 Å². The largest absolute Gasteiger partial charge is 0.493 e. The normalized spacial score (nSPS) is 10.5. The summed E-state index contributed by atoms with van der Waals surface area (Å²) in [6.07, 6.45) is 0.672. The number of aryl methyl sites for hydroxylation is 2. The lowest BCUT2D eigenvalue weighted by atomic mass is 10.1. The number of aromatic nitrogens is 1. The van der Waals surface area contributed by atoms with Gasteiger partial charge in [-0.1, -0.05) is 6.07 Å². The lowest BCUT2D eigenvalue weighted by Gasteiger charge is -2.07. The molecule has 20 heavy (non-hydrogen) atoms. The van der Waals surface area contributed by atoms with Gasteiger partial charge in [0.05, 0.1) is 23.7 Å². The summed E-state index contributed by atoms with van der Waals surface area (Å²) in [6.45, 7) is 4.67. The summed E-state index contributed by atoms with van der Waals surface area (Å²) in [5, 5.41) is 11.4. The van der Waals surface area contributed by atoms with Crippen LogP contribution in [0.3, 0.4) is 0 Å². The smallest absolute Gasteiger partial charge is 0.309 e. The molecule has 1 aromatic carbocycles. The molecule has 2 aromatic rings. The number of thiazole rings is 1. The zero-order valence-corrected chi connectivity index (χ0v) is 12.4. The molecule has 0 amide bonds.